The number of nitrogens with one attached hydrogen (secondary N) is 1. The van der Waals surface area contributed by atoms with Gasteiger partial charge >= 0.3 is 6.18 Å². The number of allylic oxidation sites excluding steroid dienone is 2. The van der Waals surface area contributed by atoms with Crippen molar-refractivity contribution in [2.24, 2.45) is 0 Å². The molecule has 6 heteroatoms. The molecule has 0 spiro atoms. The molecule has 0 saturated carbocycles. The number of ketones is 2. The number of benzene rings is 1. The van der Waals surface area contributed by atoms with Crippen LogP contribution in [0.1, 0.15) is 17.3 Å². The third kappa shape index (κ3) is 4.95. The van der Waals surface area contributed by atoms with E-state index >= 15 is 0 Å². The van der Waals surface area contributed by atoms with Gasteiger partial charge in [-0.1, -0.05) is 30.3 Å². The Morgan fingerprint density at radius 2 is 1.79 bits per heavy atom. The van der Waals surface area contributed by atoms with Crippen LogP contribution in [0.3, 0.4) is 0 Å². The van der Waals surface area contributed by atoms with Gasteiger partial charge < -0.3 is 5.32 Å². The van der Waals surface area contributed by atoms with Gasteiger partial charge in [-0.15, -0.1) is 0 Å². The van der Waals surface area contributed by atoms with Gasteiger partial charge in [-0.2, -0.15) is 13.2 Å². The standard InChI is InChI=1S/C13H12F3NO2/c1-9(7-12(19)13(14,15)16)17-8-11(18)10-5-3-2-4-6-10/h2-7,17H,8H2,1H3/b9-7+. The molecule has 0 aliphatic carbocycles. The van der Waals surface area contributed by atoms with Crippen LogP contribution in [0.15, 0.2) is 42.1 Å². The van der Waals surface area contributed by atoms with E-state index in [-0.39, 0.29) is 18.0 Å². The molecule has 0 amide bonds. The van der Waals surface area contributed by atoms with E-state index in [1.165, 1.54) is 6.92 Å². The first kappa shape index (κ1) is 14.9. The molecule has 0 unspecified atom stereocenters. The van der Waals surface area contributed by atoms with Crippen molar-refractivity contribution in [2.75, 3.05) is 6.54 Å². The number of rotatable bonds is 5. The van der Waals surface area contributed by atoms with Gasteiger partial charge in [0, 0.05) is 17.3 Å². The fraction of sp³-hybridized carbons (Fsp3) is 0.231. The summed E-state index contributed by atoms with van der Waals surface area (Å²) < 4.78 is 36.0. The molecule has 0 saturated heterocycles. The lowest BCUT2D eigenvalue weighted by molar-refractivity contribution is -0.165. The predicted molar refractivity (Wildman–Crippen MR) is 63.6 cm³/mol. The van der Waals surface area contributed by atoms with Gasteiger partial charge in [0.2, 0.25) is 0 Å². The Labute approximate surface area is 108 Å². The zero-order valence-electron chi connectivity index (χ0n) is 10.1. The normalized spacial score (nSPS) is 12.1. The van der Waals surface area contributed by atoms with Gasteiger partial charge in [0.1, 0.15) is 0 Å². The molecule has 1 N–H and O–H groups in total. The summed E-state index contributed by atoms with van der Waals surface area (Å²) in [5.41, 5.74) is 0.441. The van der Waals surface area contributed by atoms with Crippen LogP contribution in [0, 0.1) is 0 Å². The van der Waals surface area contributed by atoms with Crippen LogP contribution in [-0.4, -0.2) is 24.3 Å². The van der Waals surface area contributed by atoms with E-state index in [2.05, 4.69) is 5.32 Å². The van der Waals surface area contributed by atoms with Gasteiger partial charge in [-0.3, -0.25) is 9.59 Å². The molecular weight excluding hydrogens is 259 g/mol. The third-order valence-electron chi connectivity index (χ3n) is 2.25. The Hall–Kier alpha value is -2.11. The van der Waals surface area contributed by atoms with Crippen LogP contribution in [-0.2, 0) is 4.79 Å². The topological polar surface area (TPSA) is 46.2 Å². The van der Waals surface area contributed by atoms with Crippen LogP contribution in [0.25, 0.3) is 0 Å². The minimum Gasteiger partial charge on any atom is -0.381 e. The van der Waals surface area contributed by atoms with E-state index in [4.69, 9.17) is 0 Å². The van der Waals surface area contributed by atoms with Crippen molar-refractivity contribution in [3.63, 3.8) is 0 Å². The van der Waals surface area contributed by atoms with Crippen LogP contribution >= 0.6 is 0 Å². The summed E-state index contributed by atoms with van der Waals surface area (Å²) in [7, 11) is 0. The van der Waals surface area contributed by atoms with E-state index in [9.17, 15) is 22.8 Å². The summed E-state index contributed by atoms with van der Waals surface area (Å²) in [5, 5.41) is 2.47. The second-order valence-electron chi connectivity index (χ2n) is 3.83. The largest absolute Gasteiger partial charge is 0.454 e. The molecule has 102 valence electrons. The van der Waals surface area contributed by atoms with Crippen LogP contribution < -0.4 is 5.32 Å². The molecule has 0 aliphatic heterocycles. The number of carbonyl (C=O) groups is 2. The highest BCUT2D eigenvalue weighted by Crippen LogP contribution is 2.16. The third-order valence-corrected chi connectivity index (χ3v) is 2.25. The Kier molecular flexibility index (Phi) is 4.86. The SMILES string of the molecule is C/C(=C\C(=O)C(F)(F)F)NCC(=O)c1ccccc1. The molecule has 0 fully saturated rings. The first-order valence-electron chi connectivity index (χ1n) is 5.42. The highest BCUT2D eigenvalue weighted by molar-refractivity contribution is 5.98. The molecule has 1 aromatic rings. The highest BCUT2D eigenvalue weighted by Gasteiger charge is 2.36. The number of hydrogen-bond acceptors (Lipinski definition) is 3. The quantitative estimate of drug-likeness (QED) is 0.661. The van der Waals surface area contributed by atoms with Crippen molar-refractivity contribution < 1.29 is 22.8 Å². The van der Waals surface area contributed by atoms with Crippen molar-refractivity contribution in [3.8, 4) is 0 Å². The summed E-state index contributed by atoms with van der Waals surface area (Å²) in [4.78, 5) is 22.3. The molecule has 0 bridgehead atoms. The molecule has 0 heterocycles. The lowest BCUT2D eigenvalue weighted by Crippen LogP contribution is -2.25. The van der Waals surface area contributed by atoms with Crippen molar-refractivity contribution in [1.82, 2.24) is 5.32 Å². The first-order valence-corrected chi connectivity index (χ1v) is 5.42. The fourth-order valence-electron chi connectivity index (χ4n) is 1.28. The van der Waals surface area contributed by atoms with Crippen molar-refractivity contribution in [1.29, 1.82) is 0 Å². The van der Waals surface area contributed by atoms with Gasteiger partial charge in [-0.25, -0.2) is 0 Å². The van der Waals surface area contributed by atoms with Crippen molar-refractivity contribution in [3.05, 3.63) is 47.7 Å². The Morgan fingerprint density at radius 1 is 1.21 bits per heavy atom. The number of alkyl halides is 3. The van der Waals surface area contributed by atoms with Crippen LogP contribution in [0.4, 0.5) is 13.2 Å². The Balaban J connectivity index is 2.56. The van der Waals surface area contributed by atoms with Crippen LogP contribution in [0.2, 0.25) is 0 Å². The molecular formula is C13H12F3NO2. The molecule has 19 heavy (non-hydrogen) atoms. The number of Topliss-reactive ketones (excluding diaryl/α,β-unsaturated/α-hetero) is 1. The zero-order chi connectivity index (χ0) is 14.5. The second kappa shape index (κ2) is 6.17. The number of carbonyl (C=O) groups excluding carboxylic acids is 2. The predicted octanol–water partition coefficient (Wildman–Crippen LogP) is 2.49. The summed E-state index contributed by atoms with van der Waals surface area (Å²) in [6.45, 7) is 1.12. The smallest absolute Gasteiger partial charge is 0.381 e. The molecule has 0 atom stereocenters. The summed E-state index contributed by atoms with van der Waals surface area (Å²) in [6, 6.07) is 8.32. The Morgan fingerprint density at radius 3 is 2.32 bits per heavy atom. The van der Waals surface area contributed by atoms with Gasteiger partial charge in [0.25, 0.3) is 5.78 Å². The Bertz CT molecular complexity index is 492. The summed E-state index contributed by atoms with van der Waals surface area (Å²) in [5.74, 6) is -2.22. The fourth-order valence-corrected chi connectivity index (χ4v) is 1.28. The number of halogens is 3. The lowest BCUT2D eigenvalue weighted by Gasteiger charge is -2.07. The van der Waals surface area contributed by atoms with E-state index < -0.39 is 12.0 Å². The number of hydrogen-bond donors (Lipinski definition) is 1. The van der Waals surface area contributed by atoms with E-state index in [0.717, 1.165) is 0 Å². The first-order chi connectivity index (χ1) is 8.80. The second-order valence-corrected chi connectivity index (χ2v) is 3.83. The molecule has 1 aromatic carbocycles. The summed E-state index contributed by atoms with van der Waals surface area (Å²) >= 11 is 0. The van der Waals surface area contributed by atoms with Gasteiger partial charge in [0.15, 0.2) is 5.78 Å². The van der Waals surface area contributed by atoms with E-state index in [1.807, 2.05) is 0 Å². The van der Waals surface area contributed by atoms with Gasteiger partial charge in [0.05, 0.1) is 6.54 Å². The maximum absolute atomic E-state index is 12.0. The lowest BCUT2D eigenvalue weighted by atomic mass is 10.1. The van der Waals surface area contributed by atoms with Crippen molar-refractivity contribution in [2.45, 2.75) is 13.1 Å². The summed E-state index contributed by atoms with van der Waals surface area (Å²) in [6.07, 6.45) is -4.47. The van der Waals surface area contributed by atoms with Crippen molar-refractivity contribution >= 4 is 11.6 Å². The monoisotopic (exact) mass is 271 g/mol. The van der Waals surface area contributed by atoms with Gasteiger partial charge in [-0.05, 0) is 6.92 Å². The average molecular weight is 271 g/mol. The minimum absolute atomic E-state index is 0.00777. The maximum Gasteiger partial charge on any atom is 0.454 e. The molecule has 0 aromatic heterocycles. The van der Waals surface area contributed by atoms with Crippen LogP contribution in [0.5, 0.6) is 0 Å². The average Bonchev–Trinajstić information content (AvgIpc) is 2.35. The molecule has 0 radical (unpaired) electrons. The molecule has 1 rings (SSSR count). The maximum atomic E-state index is 12.0. The molecule has 0 aliphatic rings. The van der Waals surface area contributed by atoms with E-state index in [0.29, 0.717) is 11.6 Å². The zero-order valence-corrected chi connectivity index (χ0v) is 10.1. The highest BCUT2D eigenvalue weighted by atomic mass is 19.4. The minimum atomic E-state index is -4.90. The molecule has 3 nitrogen and oxygen atoms in total. The van der Waals surface area contributed by atoms with E-state index in [1.54, 1.807) is 30.3 Å².